The molecule has 378 valence electrons. The van der Waals surface area contributed by atoms with E-state index >= 15 is 0 Å². The maximum Gasteiger partial charge on any atom is 0.187 e. The van der Waals surface area contributed by atoms with Crippen LogP contribution in [0.2, 0.25) is 0 Å². The van der Waals surface area contributed by atoms with Gasteiger partial charge in [-0.05, 0) is 0 Å². The molecule has 0 radical (unpaired) electrons. The van der Waals surface area contributed by atoms with Crippen LogP contribution in [0, 0.1) is 0 Å². The Kier molecular flexibility index (Phi) is 17.4. The summed E-state index contributed by atoms with van der Waals surface area (Å²) in [5.41, 5.74) is 0. The van der Waals surface area contributed by atoms with E-state index < -0.39 is 224 Å². The van der Waals surface area contributed by atoms with Gasteiger partial charge in [-0.2, -0.15) is 0 Å². The monoisotopic (exact) mass is 956 g/mol. The molecule has 29 atom stereocenters. The van der Waals surface area contributed by atoms with Gasteiger partial charge in [0.2, 0.25) is 0 Å². The van der Waals surface area contributed by atoms with Crippen LogP contribution in [0.1, 0.15) is 6.42 Å². The highest BCUT2D eigenvalue weighted by Gasteiger charge is 2.58. The van der Waals surface area contributed by atoms with Crippen molar-refractivity contribution in [1.29, 1.82) is 0 Å². The van der Waals surface area contributed by atoms with Crippen molar-refractivity contribution in [2.24, 2.45) is 0 Å². The zero-order chi connectivity index (χ0) is 47.2. The van der Waals surface area contributed by atoms with Crippen LogP contribution in [-0.4, -0.2) is 305 Å². The van der Waals surface area contributed by atoms with Crippen molar-refractivity contribution in [2.75, 3.05) is 39.6 Å². The Balaban J connectivity index is 1.18. The SMILES string of the molecule is OCC1O[C@H]2C[C@@H](O)[C@H]1O[C@@H]1OC(CO)[C@H](O[C@@H]3OC(CO)[C@H](O[C@@H]4OC(CO)[C@H](O[C@@H]5OC(CO)[C@H](O[C@@H]6OC(CO)[C@H](O2)[C@H](O)C6O)[C@H](O)C5O)[C@H](O)C4O)[C@H](O)C3O)[C@H](O)C1O. The second-order valence-electron chi connectivity index (χ2n) is 16.7. The van der Waals surface area contributed by atoms with Crippen molar-refractivity contribution in [3.05, 3.63) is 0 Å². The zero-order valence-corrected chi connectivity index (χ0v) is 34.2. The molecule has 22 rings (SSSR count). The van der Waals surface area contributed by atoms with E-state index in [1.54, 1.807) is 0 Å². The van der Waals surface area contributed by atoms with Gasteiger partial charge in [-0.25, -0.2) is 0 Å². The lowest BCUT2D eigenvalue weighted by Gasteiger charge is -2.50. The van der Waals surface area contributed by atoms with E-state index in [0.717, 1.165) is 0 Å². The fourth-order valence-corrected chi connectivity index (χ4v) is 8.93. The van der Waals surface area contributed by atoms with Crippen LogP contribution >= 0.6 is 0 Å². The van der Waals surface area contributed by atoms with Crippen molar-refractivity contribution < 1.29 is 144 Å². The van der Waals surface area contributed by atoms with Gasteiger partial charge in [-0.3, -0.25) is 0 Å². The van der Waals surface area contributed by atoms with Gasteiger partial charge < -0.3 is 144 Å². The molecule has 0 aromatic carbocycles. The maximum atomic E-state index is 11.2. The van der Waals surface area contributed by atoms with E-state index in [1.165, 1.54) is 0 Å². The fourth-order valence-electron chi connectivity index (χ4n) is 8.93. The first-order chi connectivity index (χ1) is 31.0. The first-order valence-electron chi connectivity index (χ1n) is 21.0. The molecule has 22 saturated heterocycles. The lowest BCUT2D eigenvalue weighted by molar-refractivity contribution is -0.400. The normalized spacial score (nSPS) is 54.9. The quantitative estimate of drug-likeness (QED) is 0.118. The van der Waals surface area contributed by atoms with Crippen molar-refractivity contribution in [3.63, 3.8) is 0 Å². The van der Waals surface area contributed by atoms with Gasteiger partial charge in [0.1, 0.15) is 134 Å². The predicted molar refractivity (Wildman–Crippen MR) is 194 cm³/mol. The summed E-state index contributed by atoms with van der Waals surface area (Å²) >= 11 is 0. The highest BCUT2D eigenvalue weighted by Crippen LogP contribution is 2.38. The molecular formula is C36H60O29. The molecule has 22 heterocycles. The first kappa shape index (κ1) is 51.7. The minimum absolute atomic E-state index is 0.497. The summed E-state index contributed by atoms with van der Waals surface area (Å²) in [6, 6.07) is 0. The third kappa shape index (κ3) is 10.2. The molecule has 0 aromatic heterocycles. The van der Waals surface area contributed by atoms with Gasteiger partial charge >= 0.3 is 0 Å². The van der Waals surface area contributed by atoms with Crippen molar-refractivity contribution in [2.45, 2.75) is 185 Å². The van der Waals surface area contributed by atoms with Gasteiger partial charge in [-0.1, -0.05) is 0 Å². The van der Waals surface area contributed by atoms with Crippen molar-refractivity contribution in [1.82, 2.24) is 0 Å². The molecule has 17 N–H and O–H groups in total. The molecule has 11 unspecified atom stereocenters. The van der Waals surface area contributed by atoms with Crippen LogP contribution in [0.5, 0.6) is 0 Å². The topological polar surface area (TPSA) is 455 Å². The summed E-state index contributed by atoms with van der Waals surface area (Å²) in [6.07, 6.45) is -54.0. The summed E-state index contributed by atoms with van der Waals surface area (Å²) in [7, 11) is 0. The highest BCUT2D eigenvalue weighted by atomic mass is 16.8. The smallest absolute Gasteiger partial charge is 0.187 e. The van der Waals surface area contributed by atoms with Crippen LogP contribution in [0.4, 0.5) is 0 Å². The Hall–Kier alpha value is -1.16. The second kappa shape index (κ2) is 21.9. The summed E-state index contributed by atoms with van der Waals surface area (Å²) in [5, 5.41) is 184. The summed E-state index contributed by atoms with van der Waals surface area (Å²) in [6.45, 7) is -5.67. The number of aliphatic hydroxyl groups is 17. The van der Waals surface area contributed by atoms with Crippen molar-refractivity contribution >= 4 is 0 Å². The van der Waals surface area contributed by atoms with Gasteiger partial charge in [-0.15, -0.1) is 0 Å². The molecule has 12 bridgehead atoms. The molecule has 0 aromatic rings. The Bertz CT molecular complexity index is 1480. The third-order valence-corrected chi connectivity index (χ3v) is 12.6. The molecule has 22 aliphatic rings. The van der Waals surface area contributed by atoms with E-state index in [2.05, 4.69) is 0 Å². The maximum absolute atomic E-state index is 11.2. The summed E-state index contributed by atoms with van der Waals surface area (Å²) in [4.78, 5) is 0. The van der Waals surface area contributed by atoms with Gasteiger partial charge in [0.25, 0.3) is 0 Å². The van der Waals surface area contributed by atoms with Gasteiger partial charge in [0.05, 0.1) is 45.7 Å². The molecule has 65 heavy (non-hydrogen) atoms. The van der Waals surface area contributed by atoms with Crippen LogP contribution in [-0.2, 0) is 56.8 Å². The van der Waals surface area contributed by atoms with E-state index in [0.29, 0.717) is 0 Å². The van der Waals surface area contributed by atoms with Crippen molar-refractivity contribution in [3.8, 4) is 0 Å². The average Bonchev–Trinajstić information content (AvgIpc) is 3.30. The molecule has 0 aliphatic carbocycles. The van der Waals surface area contributed by atoms with Crippen LogP contribution in [0.3, 0.4) is 0 Å². The Labute approximate surface area is 367 Å². The fraction of sp³-hybridized carbons (Fsp3) is 1.00. The second-order valence-corrected chi connectivity index (χ2v) is 16.7. The van der Waals surface area contributed by atoms with E-state index in [-0.39, 0.29) is 0 Å². The number of ether oxygens (including phenoxy) is 12. The standard InChI is InChI=1S/C36H60O29/c37-2-9-26-8(43)1-15(54-9)60-27-10(3-38)55-33(21(49)16(27)44)62-29-12(5-40)57-35(23(51)18(29)46)64-31-14(7-42)59-36(25(53)20(31)48)65-30-13(6-41)58-34(24(52)19(30)47)63-28-11(4-39)56-32(61-26)22(50)17(28)45/h8-53H,1-7H2/t8-,9?,10?,11?,12?,13?,14?,15-,16-,17-,18-,19-,20-,21?,22?,23?,24?,25?,26-,27+,28+,29+,30+,31+,32+,33+,34+,35+,36+/m1/s1. The zero-order valence-electron chi connectivity index (χ0n) is 34.2. The molecule has 0 spiro atoms. The largest absolute Gasteiger partial charge is 0.394 e. The lowest BCUT2D eigenvalue weighted by Crippen LogP contribution is -2.68. The molecule has 29 nitrogen and oxygen atoms in total. The summed E-state index contributed by atoms with van der Waals surface area (Å²) < 4.78 is 68.4. The van der Waals surface area contributed by atoms with Crippen LogP contribution in [0.15, 0.2) is 0 Å². The first-order valence-corrected chi connectivity index (χ1v) is 21.0. The number of hydrogen-bond acceptors (Lipinski definition) is 29. The molecule has 0 saturated carbocycles. The van der Waals surface area contributed by atoms with Gasteiger partial charge in [0.15, 0.2) is 37.7 Å². The molecule has 29 heteroatoms. The van der Waals surface area contributed by atoms with Crippen LogP contribution in [0.25, 0.3) is 0 Å². The number of aliphatic hydroxyl groups excluding tert-OH is 17. The molecular weight excluding hydrogens is 896 g/mol. The Morgan fingerprint density at radius 3 is 0.708 bits per heavy atom. The molecule has 22 fully saturated rings. The summed E-state index contributed by atoms with van der Waals surface area (Å²) in [5.74, 6) is 0. The minimum Gasteiger partial charge on any atom is -0.394 e. The predicted octanol–water partition coefficient (Wildman–Crippen LogP) is -12.0. The van der Waals surface area contributed by atoms with E-state index in [9.17, 15) is 86.8 Å². The average molecular weight is 957 g/mol. The lowest BCUT2D eigenvalue weighted by atomic mass is 9.95. The number of rotatable bonds is 6. The third-order valence-electron chi connectivity index (χ3n) is 12.6. The number of hydrogen-bond donors (Lipinski definition) is 17. The van der Waals surface area contributed by atoms with Crippen LogP contribution < -0.4 is 0 Å². The van der Waals surface area contributed by atoms with E-state index in [4.69, 9.17) is 56.8 Å². The minimum atomic E-state index is -2.13. The Morgan fingerprint density at radius 2 is 0.462 bits per heavy atom. The highest BCUT2D eigenvalue weighted by molar-refractivity contribution is 5.00. The Morgan fingerprint density at radius 1 is 0.246 bits per heavy atom. The van der Waals surface area contributed by atoms with E-state index in [1.807, 2.05) is 0 Å². The molecule has 22 aliphatic heterocycles. The molecule has 0 amide bonds. The van der Waals surface area contributed by atoms with Gasteiger partial charge in [0, 0.05) is 6.42 Å².